The smallest absolute Gasteiger partial charge is 0.389 e. The number of hydrogen-bond donors (Lipinski definition) is 2. The molecule has 2 aromatic heterocycles. The number of halogens is 3. The highest BCUT2D eigenvalue weighted by molar-refractivity contribution is 7.90. The molecule has 2 aromatic rings. The third kappa shape index (κ3) is 5.52. The molecule has 2 aliphatic rings. The van der Waals surface area contributed by atoms with Crippen molar-refractivity contribution >= 4 is 16.0 Å². The maximum Gasteiger partial charge on any atom is 0.420 e. The van der Waals surface area contributed by atoms with Gasteiger partial charge in [0.2, 0.25) is 16.0 Å². The third-order valence-electron chi connectivity index (χ3n) is 6.03. The highest BCUT2D eigenvalue weighted by atomic mass is 32.2. The maximum absolute atomic E-state index is 13.7. The molecule has 0 amide bonds. The van der Waals surface area contributed by atoms with Gasteiger partial charge in [-0.05, 0) is 39.0 Å². The van der Waals surface area contributed by atoms with Crippen molar-refractivity contribution in [1.29, 1.82) is 0 Å². The largest absolute Gasteiger partial charge is 0.420 e. The molecule has 1 saturated carbocycles. The Hall–Kier alpha value is -2.25. The van der Waals surface area contributed by atoms with E-state index in [1.54, 1.807) is 13.8 Å². The van der Waals surface area contributed by atoms with Crippen molar-refractivity contribution in [2.45, 2.75) is 69.6 Å². The first-order valence-electron chi connectivity index (χ1n) is 11.2. The zero-order valence-corrected chi connectivity index (χ0v) is 20.1. The zero-order valence-electron chi connectivity index (χ0n) is 19.2. The fourth-order valence-corrected chi connectivity index (χ4v) is 6.12. The lowest BCUT2D eigenvalue weighted by Crippen LogP contribution is -2.48. The lowest BCUT2D eigenvalue weighted by molar-refractivity contribution is -0.137. The molecule has 2 fully saturated rings. The molecule has 188 valence electrons. The normalized spacial score (nSPS) is 22.7. The molecule has 0 radical (unpaired) electrons. The van der Waals surface area contributed by atoms with Crippen molar-refractivity contribution in [3.05, 3.63) is 24.3 Å². The first kappa shape index (κ1) is 24.9. The van der Waals surface area contributed by atoms with Gasteiger partial charge in [-0.1, -0.05) is 6.92 Å². The van der Waals surface area contributed by atoms with E-state index in [-0.39, 0.29) is 41.1 Å². The molecular formula is C21H29F3N6O3S. The second kappa shape index (κ2) is 8.76. The Balaban J connectivity index is 1.54. The molecule has 1 aliphatic heterocycles. The first-order valence-corrected chi connectivity index (χ1v) is 12.7. The summed E-state index contributed by atoms with van der Waals surface area (Å²) in [6.07, 6.45) is 0.697. The van der Waals surface area contributed by atoms with Crippen molar-refractivity contribution in [2.24, 2.45) is 5.92 Å². The van der Waals surface area contributed by atoms with Crippen LogP contribution < -0.4 is 5.32 Å². The van der Waals surface area contributed by atoms with Gasteiger partial charge in [0, 0.05) is 31.5 Å². The van der Waals surface area contributed by atoms with Crippen LogP contribution in [0, 0.1) is 5.92 Å². The Morgan fingerprint density at radius 3 is 2.50 bits per heavy atom. The average Bonchev–Trinajstić information content (AvgIpc) is 3.48. The van der Waals surface area contributed by atoms with E-state index < -0.39 is 27.4 Å². The van der Waals surface area contributed by atoms with Crippen molar-refractivity contribution in [1.82, 2.24) is 23.8 Å². The first-order chi connectivity index (χ1) is 15.7. The fraction of sp³-hybridized carbons (Fsp3) is 0.667. The van der Waals surface area contributed by atoms with Crippen molar-refractivity contribution in [2.75, 3.05) is 18.4 Å². The summed E-state index contributed by atoms with van der Waals surface area (Å²) < 4.78 is 69.0. The number of nitrogens with zero attached hydrogens (tertiary/aromatic N) is 5. The Kier molecular flexibility index (Phi) is 6.40. The van der Waals surface area contributed by atoms with Crippen LogP contribution in [0.15, 0.2) is 18.7 Å². The van der Waals surface area contributed by atoms with Crippen LogP contribution in [0.5, 0.6) is 0 Å². The molecule has 1 saturated heterocycles. The number of imidazole rings is 1. The number of hydrogen-bond acceptors (Lipinski definition) is 7. The van der Waals surface area contributed by atoms with Crippen LogP contribution in [0.4, 0.5) is 19.1 Å². The van der Waals surface area contributed by atoms with Gasteiger partial charge in [-0.3, -0.25) is 0 Å². The van der Waals surface area contributed by atoms with E-state index in [0.717, 1.165) is 6.20 Å². The molecule has 0 bridgehead atoms. The summed E-state index contributed by atoms with van der Waals surface area (Å²) >= 11 is 0. The van der Waals surface area contributed by atoms with Crippen molar-refractivity contribution < 1.29 is 26.7 Å². The lowest BCUT2D eigenvalue weighted by atomic mass is 9.95. The van der Waals surface area contributed by atoms with E-state index in [9.17, 15) is 26.7 Å². The Labute approximate surface area is 196 Å². The number of alkyl halides is 3. The summed E-state index contributed by atoms with van der Waals surface area (Å²) in [6, 6.07) is -0.192. The van der Waals surface area contributed by atoms with E-state index in [1.165, 1.54) is 21.4 Å². The predicted octanol–water partition coefficient (Wildman–Crippen LogP) is 2.74. The highest BCUT2D eigenvalue weighted by Gasteiger charge is 2.43. The number of rotatable bonds is 7. The number of aromatic nitrogens is 4. The van der Waals surface area contributed by atoms with Crippen LogP contribution in [0.1, 0.15) is 45.6 Å². The van der Waals surface area contributed by atoms with Gasteiger partial charge in [0.15, 0.2) is 0 Å². The molecule has 34 heavy (non-hydrogen) atoms. The standard InChI is InChI=1S/C21H29F3N6O3S/c1-13-9-30(34(32,33)14-4-5-14)7-6-16(13)27-19-25-8-15(21(22,23)24)18(28-19)17-10-29(12-26-17)11-20(2,3)31/h8,10,12-14,16,31H,4-7,9,11H2,1-3H3,(H,25,27,28)/t13-,16+/m1/s1. The number of piperidine rings is 1. The summed E-state index contributed by atoms with van der Waals surface area (Å²) in [6.45, 7) is 5.90. The van der Waals surface area contributed by atoms with E-state index in [1.807, 2.05) is 6.92 Å². The molecule has 1 aliphatic carbocycles. The van der Waals surface area contributed by atoms with Crippen molar-refractivity contribution in [3.63, 3.8) is 0 Å². The van der Waals surface area contributed by atoms with E-state index in [4.69, 9.17) is 0 Å². The number of sulfonamides is 1. The van der Waals surface area contributed by atoms with Gasteiger partial charge < -0.3 is 15.0 Å². The molecule has 9 nitrogen and oxygen atoms in total. The molecule has 13 heteroatoms. The zero-order chi connectivity index (χ0) is 24.9. The number of aliphatic hydroxyl groups is 1. The Morgan fingerprint density at radius 1 is 1.21 bits per heavy atom. The fourth-order valence-electron chi connectivity index (χ4n) is 4.17. The van der Waals surface area contributed by atoms with Gasteiger partial charge in [-0.15, -0.1) is 0 Å². The third-order valence-corrected chi connectivity index (χ3v) is 8.39. The SMILES string of the molecule is C[C@@H]1CN(S(=O)(=O)C2CC2)CC[C@@H]1Nc1ncc(C(F)(F)F)c(-c2cn(CC(C)(C)O)cn2)n1. The topological polar surface area (TPSA) is 113 Å². The number of anilines is 1. The van der Waals surface area contributed by atoms with Crippen LogP contribution >= 0.6 is 0 Å². The predicted molar refractivity (Wildman–Crippen MR) is 119 cm³/mol. The van der Waals surface area contributed by atoms with Gasteiger partial charge in [-0.25, -0.2) is 27.7 Å². The molecule has 3 heterocycles. The molecule has 2 atom stereocenters. The monoisotopic (exact) mass is 502 g/mol. The molecule has 4 rings (SSSR count). The lowest BCUT2D eigenvalue weighted by Gasteiger charge is -2.36. The summed E-state index contributed by atoms with van der Waals surface area (Å²) in [5.41, 5.74) is -2.42. The average molecular weight is 503 g/mol. The van der Waals surface area contributed by atoms with Gasteiger partial charge in [0.1, 0.15) is 17.0 Å². The summed E-state index contributed by atoms with van der Waals surface area (Å²) in [4.78, 5) is 12.1. The van der Waals surface area contributed by atoms with Crippen LogP contribution in [0.2, 0.25) is 0 Å². The summed E-state index contributed by atoms with van der Waals surface area (Å²) in [5.74, 6) is -0.0574. The van der Waals surface area contributed by atoms with Crippen molar-refractivity contribution in [3.8, 4) is 11.4 Å². The van der Waals surface area contributed by atoms with E-state index in [0.29, 0.717) is 32.4 Å². The minimum atomic E-state index is -4.68. The van der Waals surface area contributed by atoms with Gasteiger partial charge in [-0.2, -0.15) is 13.2 Å². The minimum Gasteiger partial charge on any atom is -0.389 e. The van der Waals surface area contributed by atoms with Gasteiger partial charge in [0.25, 0.3) is 0 Å². The van der Waals surface area contributed by atoms with E-state index in [2.05, 4.69) is 20.3 Å². The highest BCUT2D eigenvalue weighted by Crippen LogP contribution is 2.36. The second-order valence-corrected chi connectivity index (χ2v) is 12.0. The summed E-state index contributed by atoms with van der Waals surface area (Å²) in [5, 5.41) is 12.8. The molecule has 0 aromatic carbocycles. The molecule has 0 unspecified atom stereocenters. The summed E-state index contributed by atoms with van der Waals surface area (Å²) in [7, 11) is -3.27. The van der Waals surface area contributed by atoms with E-state index >= 15 is 0 Å². The Bertz CT molecular complexity index is 1140. The minimum absolute atomic E-state index is 0.0143. The van der Waals surface area contributed by atoms with Gasteiger partial charge in [0.05, 0.1) is 23.7 Å². The van der Waals surface area contributed by atoms with Crippen LogP contribution in [-0.4, -0.2) is 67.3 Å². The second-order valence-electron chi connectivity index (χ2n) is 9.82. The number of nitrogens with one attached hydrogen (secondary N) is 1. The maximum atomic E-state index is 13.7. The van der Waals surface area contributed by atoms with Crippen LogP contribution in [0.25, 0.3) is 11.4 Å². The van der Waals surface area contributed by atoms with Crippen LogP contribution in [0.3, 0.4) is 0 Å². The molecular weight excluding hydrogens is 473 g/mol. The quantitative estimate of drug-likeness (QED) is 0.599. The van der Waals surface area contributed by atoms with Crippen LogP contribution in [-0.2, 0) is 22.7 Å². The Morgan fingerprint density at radius 2 is 1.91 bits per heavy atom. The van der Waals surface area contributed by atoms with Gasteiger partial charge >= 0.3 is 6.18 Å². The molecule has 0 spiro atoms. The molecule has 2 N–H and O–H groups in total.